The summed E-state index contributed by atoms with van der Waals surface area (Å²) in [5.41, 5.74) is 2.15. The minimum absolute atomic E-state index is 0.00686. The predicted molar refractivity (Wildman–Crippen MR) is 116 cm³/mol. The molecule has 1 fully saturated rings. The van der Waals surface area contributed by atoms with E-state index in [1.807, 2.05) is 38.4 Å². The molecule has 0 radical (unpaired) electrons. The first-order chi connectivity index (χ1) is 14.0. The van der Waals surface area contributed by atoms with Crippen LogP contribution >= 0.6 is 0 Å². The molecule has 0 bridgehead atoms. The van der Waals surface area contributed by atoms with Gasteiger partial charge in [0.2, 0.25) is 0 Å². The third-order valence-corrected chi connectivity index (χ3v) is 5.32. The van der Waals surface area contributed by atoms with Crippen LogP contribution in [0.4, 0.5) is 4.39 Å². The minimum atomic E-state index is -0.179. The second-order valence-corrected chi connectivity index (χ2v) is 7.83. The molecule has 5 nitrogen and oxygen atoms in total. The van der Waals surface area contributed by atoms with Crippen LogP contribution in [0.25, 0.3) is 0 Å². The number of para-hydroxylation sites is 1. The van der Waals surface area contributed by atoms with E-state index in [0.717, 1.165) is 48.8 Å². The van der Waals surface area contributed by atoms with Gasteiger partial charge in [-0.2, -0.15) is 0 Å². The van der Waals surface area contributed by atoms with Crippen molar-refractivity contribution in [1.82, 2.24) is 15.5 Å². The second kappa shape index (κ2) is 9.74. The van der Waals surface area contributed by atoms with Gasteiger partial charge in [-0.1, -0.05) is 30.3 Å². The molecular weight excluding hydrogens is 367 g/mol. The third-order valence-electron chi connectivity index (χ3n) is 5.32. The fourth-order valence-corrected chi connectivity index (χ4v) is 3.32. The molecule has 0 heterocycles. The van der Waals surface area contributed by atoms with E-state index in [4.69, 9.17) is 4.74 Å². The molecule has 0 atom stereocenters. The highest BCUT2D eigenvalue weighted by Gasteiger charge is 2.44. The Hall–Kier alpha value is -2.60. The molecule has 1 aliphatic carbocycles. The maximum absolute atomic E-state index is 13.6. The van der Waals surface area contributed by atoms with Crippen LogP contribution in [0.15, 0.2) is 53.5 Å². The number of guanidine groups is 1. The number of aliphatic imine (C=N–C) groups is 1. The van der Waals surface area contributed by atoms with E-state index in [1.54, 1.807) is 19.2 Å². The van der Waals surface area contributed by atoms with Crippen LogP contribution in [-0.4, -0.2) is 51.7 Å². The lowest BCUT2D eigenvalue weighted by Gasteiger charge is -2.20. The van der Waals surface area contributed by atoms with Crippen LogP contribution in [0.3, 0.4) is 0 Å². The Morgan fingerprint density at radius 1 is 1.14 bits per heavy atom. The number of ether oxygens (including phenoxy) is 1. The first-order valence-corrected chi connectivity index (χ1v) is 10.1. The molecule has 0 aromatic heterocycles. The van der Waals surface area contributed by atoms with Gasteiger partial charge in [-0.15, -0.1) is 0 Å². The van der Waals surface area contributed by atoms with Gasteiger partial charge in [-0.05, 0) is 50.7 Å². The van der Waals surface area contributed by atoms with Gasteiger partial charge in [0.05, 0.1) is 0 Å². The molecule has 0 aliphatic heterocycles. The van der Waals surface area contributed by atoms with Crippen LogP contribution in [0.1, 0.15) is 24.0 Å². The summed E-state index contributed by atoms with van der Waals surface area (Å²) in [5.74, 6) is 1.44. The van der Waals surface area contributed by atoms with Crippen LogP contribution in [0, 0.1) is 5.82 Å². The Morgan fingerprint density at radius 2 is 1.93 bits per heavy atom. The van der Waals surface area contributed by atoms with Crippen molar-refractivity contribution < 1.29 is 9.13 Å². The van der Waals surface area contributed by atoms with E-state index in [1.165, 1.54) is 6.07 Å². The Labute approximate surface area is 173 Å². The van der Waals surface area contributed by atoms with Gasteiger partial charge in [0.1, 0.15) is 18.2 Å². The number of nitrogens with zero attached hydrogens (tertiary/aromatic N) is 2. The number of rotatable bonds is 9. The first kappa shape index (κ1) is 21.1. The van der Waals surface area contributed by atoms with Crippen molar-refractivity contribution in [2.24, 2.45) is 4.99 Å². The number of hydrogen-bond acceptors (Lipinski definition) is 3. The Bertz CT molecular complexity index is 833. The molecule has 0 unspecified atom stereocenters. The average molecular weight is 399 g/mol. The monoisotopic (exact) mass is 398 g/mol. The fourth-order valence-electron chi connectivity index (χ4n) is 3.32. The quantitative estimate of drug-likeness (QED) is 0.503. The molecule has 3 rings (SSSR count). The molecule has 2 aromatic rings. The summed E-state index contributed by atoms with van der Waals surface area (Å²) < 4.78 is 19.5. The van der Waals surface area contributed by atoms with Crippen LogP contribution in [-0.2, 0) is 12.0 Å². The molecule has 0 amide bonds. The maximum Gasteiger partial charge on any atom is 0.191 e. The fraction of sp³-hybridized carbons (Fsp3) is 0.435. The van der Waals surface area contributed by atoms with Crippen molar-refractivity contribution in [3.63, 3.8) is 0 Å². The van der Waals surface area contributed by atoms with E-state index < -0.39 is 0 Å². The normalized spacial score (nSPS) is 15.3. The second-order valence-electron chi connectivity index (χ2n) is 7.83. The molecule has 29 heavy (non-hydrogen) atoms. The summed E-state index contributed by atoms with van der Waals surface area (Å²) in [6, 6.07) is 15.0. The predicted octanol–water partition coefficient (Wildman–Crippen LogP) is 3.16. The molecule has 0 saturated heterocycles. The lowest BCUT2D eigenvalue weighted by Crippen LogP contribution is -2.41. The molecule has 1 saturated carbocycles. The van der Waals surface area contributed by atoms with Crippen molar-refractivity contribution in [2.45, 2.75) is 24.8 Å². The highest BCUT2D eigenvalue weighted by Crippen LogP contribution is 2.47. The Kier molecular flexibility index (Phi) is 7.09. The van der Waals surface area contributed by atoms with Gasteiger partial charge in [-0.3, -0.25) is 4.99 Å². The number of hydrogen-bond donors (Lipinski definition) is 2. The lowest BCUT2D eigenvalue weighted by molar-refractivity contribution is 0.259. The van der Waals surface area contributed by atoms with E-state index in [0.29, 0.717) is 13.2 Å². The summed E-state index contributed by atoms with van der Waals surface area (Å²) in [4.78, 5) is 6.43. The number of halogens is 1. The topological polar surface area (TPSA) is 48.9 Å². The van der Waals surface area contributed by atoms with Gasteiger partial charge in [0, 0.05) is 37.7 Å². The number of nitrogens with one attached hydrogen (secondary N) is 2. The first-order valence-electron chi connectivity index (χ1n) is 10.1. The highest BCUT2D eigenvalue weighted by molar-refractivity contribution is 5.79. The summed E-state index contributed by atoms with van der Waals surface area (Å²) in [6.45, 7) is 2.86. The summed E-state index contributed by atoms with van der Waals surface area (Å²) in [7, 11) is 5.82. The Balaban J connectivity index is 1.54. The zero-order chi connectivity index (χ0) is 20.7. The number of benzene rings is 2. The molecular formula is C23H31FN4O. The molecule has 2 N–H and O–H groups in total. The van der Waals surface area contributed by atoms with Crippen molar-refractivity contribution >= 4 is 5.96 Å². The van der Waals surface area contributed by atoms with E-state index in [-0.39, 0.29) is 11.2 Å². The SMILES string of the molecule is CN=C(NCc1ccccc1OCCN(C)C)NCC1(c2cccc(F)c2)CC1. The van der Waals surface area contributed by atoms with Crippen LogP contribution in [0.5, 0.6) is 5.75 Å². The summed E-state index contributed by atoms with van der Waals surface area (Å²) in [6.07, 6.45) is 2.12. The van der Waals surface area contributed by atoms with Crippen LogP contribution in [0.2, 0.25) is 0 Å². The summed E-state index contributed by atoms with van der Waals surface area (Å²) in [5, 5.41) is 6.77. The smallest absolute Gasteiger partial charge is 0.191 e. The number of likely N-dealkylation sites (N-methyl/N-ethyl adjacent to an activating group) is 1. The molecule has 0 spiro atoms. The zero-order valence-electron chi connectivity index (χ0n) is 17.5. The maximum atomic E-state index is 13.6. The molecule has 1 aliphatic rings. The van der Waals surface area contributed by atoms with Gasteiger partial charge in [-0.25, -0.2) is 4.39 Å². The van der Waals surface area contributed by atoms with Crippen molar-refractivity contribution in [2.75, 3.05) is 40.8 Å². The van der Waals surface area contributed by atoms with Gasteiger partial charge < -0.3 is 20.3 Å². The van der Waals surface area contributed by atoms with Crippen molar-refractivity contribution in [3.05, 3.63) is 65.5 Å². The van der Waals surface area contributed by atoms with E-state index >= 15 is 0 Å². The van der Waals surface area contributed by atoms with Gasteiger partial charge >= 0.3 is 0 Å². The van der Waals surface area contributed by atoms with Gasteiger partial charge in [0.25, 0.3) is 0 Å². The lowest BCUT2D eigenvalue weighted by atomic mass is 9.96. The van der Waals surface area contributed by atoms with E-state index in [2.05, 4.69) is 26.6 Å². The van der Waals surface area contributed by atoms with Crippen LogP contribution < -0.4 is 15.4 Å². The highest BCUT2D eigenvalue weighted by atomic mass is 19.1. The summed E-state index contributed by atoms with van der Waals surface area (Å²) >= 11 is 0. The van der Waals surface area contributed by atoms with Crippen molar-refractivity contribution in [3.8, 4) is 5.75 Å². The third kappa shape index (κ3) is 5.94. The minimum Gasteiger partial charge on any atom is -0.492 e. The zero-order valence-corrected chi connectivity index (χ0v) is 17.5. The van der Waals surface area contributed by atoms with Gasteiger partial charge in [0.15, 0.2) is 5.96 Å². The average Bonchev–Trinajstić information content (AvgIpc) is 3.50. The molecule has 2 aromatic carbocycles. The molecule has 156 valence electrons. The van der Waals surface area contributed by atoms with E-state index in [9.17, 15) is 4.39 Å². The standard InChI is InChI=1S/C23H31FN4O/c1-25-22(27-17-23(11-12-23)19-8-6-9-20(24)15-19)26-16-18-7-4-5-10-21(18)29-14-13-28(2)3/h4-10,15H,11-14,16-17H2,1-3H3,(H2,25,26,27). The van der Waals surface area contributed by atoms with Crippen molar-refractivity contribution in [1.29, 1.82) is 0 Å². The molecule has 6 heteroatoms. The largest absolute Gasteiger partial charge is 0.492 e. The Morgan fingerprint density at radius 3 is 2.62 bits per heavy atom.